The molecular formula is C18H20F3NO3S. The van der Waals surface area contributed by atoms with Crippen molar-refractivity contribution >= 4 is 29.1 Å². The molecule has 26 heavy (non-hydrogen) atoms. The van der Waals surface area contributed by atoms with E-state index >= 15 is 0 Å². The number of allylic oxidation sites excluding steroid dienone is 1. The maximum atomic E-state index is 13.0. The fourth-order valence-electron chi connectivity index (χ4n) is 2.66. The number of carbonyl (C=O) groups is 2. The molecule has 0 saturated carbocycles. The summed E-state index contributed by atoms with van der Waals surface area (Å²) in [7, 11) is 1.26. The Balaban J connectivity index is 2.48. The van der Waals surface area contributed by atoms with E-state index in [-0.39, 0.29) is 16.9 Å². The molecule has 1 aliphatic heterocycles. The van der Waals surface area contributed by atoms with Gasteiger partial charge in [-0.3, -0.25) is 4.79 Å². The highest BCUT2D eigenvalue weighted by Gasteiger charge is 2.37. The molecule has 4 nitrogen and oxygen atoms in total. The maximum absolute atomic E-state index is 13.0. The van der Waals surface area contributed by atoms with Crippen molar-refractivity contribution in [3.8, 4) is 0 Å². The minimum absolute atomic E-state index is 0.190. The highest BCUT2D eigenvalue weighted by atomic mass is 32.2. The lowest BCUT2D eigenvalue weighted by atomic mass is 9.98. The van der Waals surface area contributed by atoms with Crippen LogP contribution in [0.2, 0.25) is 0 Å². The minimum Gasteiger partial charge on any atom is -0.467 e. The normalized spacial score (nSPS) is 18.8. The highest BCUT2D eigenvalue weighted by Crippen LogP contribution is 2.41. The number of hydrogen-bond donors (Lipinski definition) is 1. The zero-order valence-electron chi connectivity index (χ0n) is 14.6. The van der Waals surface area contributed by atoms with Crippen LogP contribution in [-0.2, 0) is 20.5 Å². The molecule has 0 spiro atoms. The Morgan fingerprint density at radius 3 is 2.58 bits per heavy atom. The van der Waals surface area contributed by atoms with Gasteiger partial charge in [-0.15, -0.1) is 0 Å². The van der Waals surface area contributed by atoms with E-state index in [1.54, 1.807) is 6.92 Å². The second kappa shape index (κ2) is 8.16. The van der Waals surface area contributed by atoms with Crippen LogP contribution in [-0.4, -0.2) is 30.2 Å². The van der Waals surface area contributed by atoms with Gasteiger partial charge in [-0.25, -0.2) is 4.79 Å². The van der Waals surface area contributed by atoms with Crippen molar-refractivity contribution in [1.82, 2.24) is 5.32 Å². The molecule has 1 aliphatic rings. The molecule has 1 aromatic carbocycles. The lowest BCUT2D eigenvalue weighted by Crippen LogP contribution is -2.35. The first-order valence-electron chi connectivity index (χ1n) is 8.20. The molecule has 2 rings (SSSR count). The minimum atomic E-state index is -4.50. The summed E-state index contributed by atoms with van der Waals surface area (Å²) in [6, 6.07) is 4.00. The average molecular weight is 387 g/mol. The van der Waals surface area contributed by atoms with Crippen molar-refractivity contribution in [2.45, 2.75) is 44.2 Å². The summed E-state index contributed by atoms with van der Waals surface area (Å²) in [5.41, 5.74) is -0.439. The van der Waals surface area contributed by atoms with Crippen LogP contribution in [0.4, 0.5) is 13.2 Å². The summed E-state index contributed by atoms with van der Waals surface area (Å²) in [6.07, 6.45) is -3.55. The molecule has 1 aromatic rings. The molecule has 0 aliphatic carbocycles. The van der Waals surface area contributed by atoms with E-state index in [9.17, 15) is 22.8 Å². The van der Waals surface area contributed by atoms with Gasteiger partial charge < -0.3 is 10.1 Å². The number of benzene rings is 1. The molecule has 0 saturated heterocycles. The lowest BCUT2D eigenvalue weighted by Gasteiger charge is -2.17. The number of ether oxygens (including phenoxy) is 1. The van der Waals surface area contributed by atoms with Crippen LogP contribution in [0.5, 0.6) is 0 Å². The first kappa shape index (κ1) is 20.4. The number of ketones is 1. The van der Waals surface area contributed by atoms with Crippen LogP contribution in [0.25, 0.3) is 5.57 Å². The largest absolute Gasteiger partial charge is 0.467 e. The van der Waals surface area contributed by atoms with Crippen molar-refractivity contribution in [1.29, 1.82) is 0 Å². The van der Waals surface area contributed by atoms with Gasteiger partial charge in [0, 0.05) is 0 Å². The molecule has 2 atom stereocenters. The van der Waals surface area contributed by atoms with Crippen molar-refractivity contribution in [3.05, 3.63) is 40.4 Å². The zero-order valence-corrected chi connectivity index (χ0v) is 15.5. The Hall–Kier alpha value is -1.96. The Labute approximate surface area is 154 Å². The van der Waals surface area contributed by atoms with Crippen LogP contribution in [0.15, 0.2) is 29.3 Å². The summed E-state index contributed by atoms with van der Waals surface area (Å²) >= 11 is 1.24. The topological polar surface area (TPSA) is 55.4 Å². The molecule has 8 heteroatoms. The summed E-state index contributed by atoms with van der Waals surface area (Å²) < 4.78 is 43.8. The molecule has 2 unspecified atom stereocenters. The van der Waals surface area contributed by atoms with Crippen molar-refractivity contribution in [3.63, 3.8) is 0 Å². The molecule has 0 amide bonds. The van der Waals surface area contributed by atoms with Crippen LogP contribution < -0.4 is 5.32 Å². The van der Waals surface area contributed by atoms with E-state index < -0.39 is 29.0 Å². The van der Waals surface area contributed by atoms with Gasteiger partial charge in [-0.1, -0.05) is 37.7 Å². The van der Waals surface area contributed by atoms with E-state index in [0.29, 0.717) is 17.9 Å². The number of alkyl halides is 3. The Bertz CT molecular complexity index is 731. The van der Waals surface area contributed by atoms with Gasteiger partial charge in [0.1, 0.15) is 6.04 Å². The molecule has 0 radical (unpaired) electrons. The van der Waals surface area contributed by atoms with Crippen LogP contribution in [0, 0.1) is 0 Å². The number of Topliss-reactive ketones (excluding diaryl/α,β-unsaturated/α-hetero) is 1. The molecule has 1 N–H and O–H groups in total. The van der Waals surface area contributed by atoms with Gasteiger partial charge >= 0.3 is 12.1 Å². The van der Waals surface area contributed by atoms with E-state index in [2.05, 4.69) is 5.32 Å². The Morgan fingerprint density at radius 1 is 1.35 bits per heavy atom. The number of halogens is 3. The van der Waals surface area contributed by atoms with Gasteiger partial charge in [0.15, 0.2) is 5.78 Å². The van der Waals surface area contributed by atoms with Crippen LogP contribution in [0.1, 0.15) is 37.8 Å². The molecule has 142 valence electrons. The third-order valence-electron chi connectivity index (χ3n) is 4.07. The third-order valence-corrected chi connectivity index (χ3v) is 5.46. The number of esters is 1. The maximum Gasteiger partial charge on any atom is 0.416 e. The summed E-state index contributed by atoms with van der Waals surface area (Å²) in [5.74, 6) is -0.726. The molecule has 1 heterocycles. The molecule has 0 fully saturated rings. The second-order valence-corrected chi connectivity index (χ2v) is 7.00. The van der Waals surface area contributed by atoms with E-state index in [1.807, 2.05) is 6.92 Å². The number of nitrogens with one attached hydrogen (secondary N) is 1. The first-order valence-corrected chi connectivity index (χ1v) is 9.08. The van der Waals surface area contributed by atoms with E-state index in [1.165, 1.54) is 31.0 Å². The van der Waals surface area contributed by atoms with Gasteiger partial charge in [0.2, 0.25) is 0 Å². The monoisotopic (exact) mass is 387 g/mol. The fourth-order valence-corrected chi connectivity index (χ4v) is 3.88. The number of hydrogen-bond acceptors (Lipinski definition) is 5. The molecule has 0 aromatic heterocycles. The van der Waals surface area contributed by atoms with Crippen molar-refractivity contribution < 1.29 is 27.5 Å². The Morgan fingerprint density at radius 2 is 2.04 bits per heavy atom. The lowest BCUT2D eigenvalue weighted by molar-refractivity contribution is -0.143. The van der Waals surface area contributed by atoms with E-state index in [0.717, 1.165) is 12.1 Å². The summed E-state index contributed by atoms with van der Waals surface area (Å²) in [5, 5.41) is 3.01. The fraction of sp³-hybridized carbons (Fsp3) is 0.444. The zero-order chi connectivity index (χ0) is 19.5. The smallest absolute Gasteiger partial charge is 0.416 e. The predicted octanol–water partition coefficient (Wildman–Crippen LogP) is 4.01. The molecule has 0 bridgehead atoms. The van der Waals surface area contributed by atoms with Crippen LogP contribution in [0.3, 0.4) is 0 Å². The quantitative estimate of drug-likeness (QED) is 0.748. The van der Waals surface area contributed by atoms with Gasteiger partial charge in [0.25, 0.3) is 0 Å². The number of methoxy groups -OCH3 is 1. The molecular weight excluding hydrogens is 367 g/mol. The number of carbonyl (C=O) groups excluding carboxylic acids is 2. The van der Waals surface area contributed by atoms with E-state index in [4.69, 9.17) is 4.74 Å². The van der Waals surface area contributed by atoms with Crippen molar-refractivity contribution in [2.75, 3.05) is 7.11 Å². The second-order valence-electron chi connectivity index (χ2n) is 5.79. The van der Waals surface area contributed by atoms with Gasteiger partial charge in [0.05, 0.1) is 28.5 Å². The summed E-state index contributed by atoms with van der Waals surface area (Å²) in [6.45, 7) is 3.61. The number of thioether (sulfide) groups is 1. The van der Waals surface area contributed by atoms with Gasteiger partial charge in [-0.2, -0.15) is 13.2 Å². The summed E-state index contributed by atoms with van der Waals surface area (Å²) in [4.78, 5) is 24.5. The van der Waals surface area contributed by atoms with Crippen LogP contribution >= 0.6 is 11.8 Å². The predicted molar refractivity (Wildman–Crippen MR) is 94.3 cm³/mol. The Kier molecular flexibility index (Phi) is 6.39. The number of rotatable bonds is 6. The van der Waals surface area contributed by atoms with Crippen molar-refractivity contribution in [2.24, 2.45) is 0 Å². The standard InChI is InChI=1S/C18H20F3NO3S/c1-4-12(17(24)25-3)22-16-14(15(23)13(5-2)26-16)10-7-6-8-11(9-10)18(19,20)21/h6-9,12-13,22H,4-5H2,1-3H3. The highest BCUT2D eigenvalue weighted by molar-refractivity contribution is 8.05. The average Bonchev–Trinajstić information content (AvgIpc) is 2.93. The SMILES string of the molecule is CCC(NC1=C(c2cccc(C(F)(F)F)c2)C(=O)C(CC)S1)C(=O)OC. The van der Waals surface area contributed by atoms with Gasteiger partial charge in [-0.05, 0) is 30.5 Å². The third kappa shape index (κ3) is 4.23. The first-order chi connectivity index (χ1) is 12.2.